The van der Waals surface area contributed by atoms with E-state index in [-0.39, 0.29) is 5.75 Å². The van der Waals surface area contributed by atoms with Crippen molar-refractivity contribution in [2.24, 2.45) is 0 Å². The zero-order valence-corrected chi connectivity index (χ0v) is 9.96. The summed E-state index contributed by atoms with van der Waals surface area (Å²) in [6, 6.07) is 8.81. The van der Waals surface area contributed by atoms with E-state index in [2.05, 4.69) is 4.98 Å². The molecule has 18 heavy (non-hydrogen) atoms. The lowest BCUT2D eigenvalue weighted by Gasteiger charge is -2.01. The smallest absolute Gasteiger partial charge is 0.330 e. The molecule has 0 aliphatic rings. The number of hydrogen-bond acceptors (Lipinski definition) is 4. The maximum atomic E-state index is 11.2. The van der Waals surface area contributed by atoms with Crippen molar-refractivity contribution in [2.45, 2.75) is 6.92 Å². The summed E-state index contributed by atoms with van der Waals surface area (Å²) in [7, 11) is 0. The summed E-state index contributed by atoms with van der Waals surface area (Å²) in [6.07, 6.45) is 2.88. The van der Waals surface area contributed by atoms with Gasteiger partial charge in [0.15, 0.2) is 0 Å². The number of phenolic OH excluding ortho intramolecular Hbond substituents is 1. The summed E-state index contributed by atoms with van der Waals surface area (Å²) < 4.78 is 4.77. The predicted molar refractivity (Wildman–Crippen MR) is 69.1 cm³/mol. The minimum Gasteiger partial charge on any atom is -0.506 e. The second-order valence-electron chi connectivity index (χ2n) is 3.67. The summed E-state index contributed by atoms with van der Waals surface area (Å²) in [5.41, 5.74) is 1.11. The standard InChI is InChI=1S/C14H13NO3/c1-2-18-13(17)9-8-11-7-6-10-4-3-5-12(16)14(10)15-11/h3-9,16H,2H2,1H3/b9-8+. The highest BCUT2D eigenvalue weighted by molar-refractivity contribution is 5.88. The monoisotopic (exact) mass is 243 g/mol. The minimum absolute atomic E-state index is 0.124. The van der Waals surface area contributed by atoms with E-state index >= 15 is 0 Å². The van der Waals surface area contributed by atoms with Crippen LogP contribution < -0.4 is 0 Å². The Kier molecular flexibility index (Phi) is 3.57. The number of fused-ring (bicyclic) bond motifs is 1. The number of carbonyl (C=O) groups excluding carboxylic acids is 1. The first-order valence-corrected chi connectivity index (χ1v) is 5.64. The average molecular weight is 243 g/mol. The van der Waals surface area contributed by atoms with Gasteiger partial charge in [0.2, 0.25) is 0 Å². The highest BCUT2D eigenvalue weighted by Crippen LogP contribution is 2.22. The van der Waals surface area contributed by atoms with Crippen molar-refractivity contribution in [1.29, 1.82) is 0 Å². The Bertz CT molecular complexity index is 605. The molecular weight excluding hydrogens is 230 g/mol. The first kappa shape index (κ1) is 12.1. The molecule has 0 fully saturated rings. The van der Waals surface area contributed by atoms with Gasteiger partial charge in [-0.2, -0.15) is 0 Å². The molecule has 0 spiro atoms. The van der Waals surface area contributed by atoms with Crippen molar-refractivity contribution < 1.29 is 14.6 Å². The van der Waals surface area contributed by atoms with Gasteiger partial charge in [-0.3, -0.25) is 0 Å². The average Bonchev–Trinajstić information content (AvgIpc) is 2.37. The van der Waals surface area contributed by atoms with Crippen molar-refractivity contribution in [3.63, 3.8) is 0 Å². The lowest BCUT2D eigenvalue weighted by Crippen LogP contribution is -1.98. The van der Waals surface area contributed by atoms with Gasteiger partial charge in [0, 0.05) is 11.5 Å². The van der Waals surface area contributed by atoms with Crippen molar-refractivity contribution in [3.05, 3.63) is 42.1 Å². The number of aromatic nitrogens is 1. The predicted octanol–water partition coefficient (Wildman–Crippen LogP) is 2.52. The van der Waals surface area contributed by atoms with Gasteiger partial charge in [-0.25, -0.2) is 9.78 Å². The van der Waals surface area contributed by atoms with Gasteiger partial charge in [0.25, 0.3) is 0 Å². The largest absolute Gasteiger partial charge is 0.506 e. The SMILES string of the molecule is CCOC(=O)/C=C/c1ccc2cccc(O)c2n1. The number of phenols is 1. The lowest BCUT2D eigenvalue weighted by atomic mass is 10.2. The summed E-state index contributed by atoms with van der Waals surface area (Å²) in [4.78, 5) is 15.4. The molecule has 4 heteroatoms. The molecule has 1 aromatic heterocycles. The Morgan fingerprint density at radius 1 is 1.39 bits per heavy atom. The van der Waals surface area contributed by atoms with Gasteiger partial charge < -0.3 is 9.84 Å². The maximum Gasteiger partial charge on any atom is 0.330 e. The summed E-state index contributed by atoms with van der Waals surface area (Å²) in [5.74, 6) is -0.282. The fourth-order valence-corrected chi connectivity index (χ4v) is 1.58. The molecule has 0 saturated carbocycles. The van der Waals surface area contributed by atoms with Crippen molar-refractivity contribution in [3.8, 4) is 5.75 Å². The number of hydrogen-bond donors (Lipinski definition) is 1. The number of para-hydroxylation sites is 1. The van der Waals surface area contributed by atoms with Crippen LogP contribution in [0.4, 0.5) is 0 Å². The molecule has 2 rings (SSSR count). The van der Waals surface area contributed by atoms with E-state index in [0.29, 0.717) is 17.8 Å². The normalized spacial score (nSPS) is 10.9. The van der Waals surface area contributed by atoms with Crippen molar-refractivity contribution in [1.82, 2.24) is 4.98 Å². The van der Waals surface area contributed by atoms with Crippen molar-refractivity contribution in [2.75, 3.05) is 6.61 Å². The quantitative estimate of drug-likeness (QED) is 0.664. The number of rotatable bonds is 3. The van der Waals surface area contributed by atoms with Gasteiger partial charge in [-0.1, -0.05) is 18.2 Å². The highest BCUT2D eigenvalue weighted by Gasteiger charge is 2.01. The highest BCUT2D eigenvalue weighted by atomic mass is 16.5. The first-order chi connectivity index (χ1) is 8.70. The second kappa shape index (κ2) is 5.31. The van der Waals surface area contributed by atoms with Crippen LogP contribution in [0.1, 0.15) is 12.6 Å². The molecule has 92 valence electrons. The van der Waals surface area contributed by atoms with E-state index in [1.807, 2.05) is 12.1 Å². The summed E-state index contributed by atoms with van der Waals surface area (Å²) >= 11 is 0. The lowest BCUT2D eigenvalue weighted by molar-refractivity contribution is -0.137. The molecule has 0 aliphatic heterocycles. The number of esters is 1. The van der Waals surface area contributed by atoms with E-state index in [9.17, 15) is 9.90 Å². The molecule has 1 N–H and O–H groups in total. The molecular formula is C14H13NO3. The zero-order valence-electron chi connectivity index (χ0n) is 9.96. The van der Waals surface area contributed by atoms with Crippen LogP contribution in [0.25, 0.3) is 17.0 Å². The van der Waals surface area contributed by atoms with Crippen LogP contribution in [-0.4, -0.2) is 22.7 Å². The number of ether oxygens (including phenoxy) is 1. The van der Waals surface area contributed by atoms with Crippen LogP contribution in [0.2, 0.25) is 0 Å². The van der Waals surface area contributed by atoms with E-state index in [1.165, 1.54) is 6.08 Å². The van der Waals surface area contributed by atoms with Gasteiger partial charge >= 0.3 is 5.97 Å². The molecule has 4 nitrogen and oxygen atoms in total. The van der Waals surface area contributed by atoms with Crippen LogP contribution in [0.5, 0.6) is 5.75 Å². The third-order valence-electron chi connectivity index (χ3n) is 2.40. The number of benzene rings is 1. The molecule has 1 heterocycles. The van der Waals surface area contributed by atoms with Crippen LogP contribution in [0.15, 0.2) is 36.4 Å². The Hall–Kier alpha value is -2.36. The maximum absolute atomic E-state index is 11.2. The number of pyridine rings is 1. The molecule has 1 aromatic carbocycles. The number of carbonyl (C=O) groups is 1. The van der Waals surface area contributed by atoms with E-state index in [0.717, 1.165) is 5.39 Å². The van der Waals surface area contributed by atoms with Crippen LogP contribution >= 0.6 is 0 Å². The van der Waals surface area contributed by atoms with Crippen molar-refractivity contribution >= 4 is 22.9 Å². The van der Waals surface area contributed by atoms with Gasteiger partial charge in [0.1, 0.15) is 11.3 Å². The van der Waals surface area contributed by atoms with Crippen LogP contribution in [0, 0.1) is 0 Å². The molecule has 0 radical (unpaired) electrons. The van der Waals surface area contributed by atoms with E-state index < -0.39 is 5.97 Å². The topological polar surface area (TPSA) is 59.4 Å². The first-order valence-electron chi connectivity index (χ1n) is 5.64. The van der Waals surface area contributed by atoms with E-state index in [4.69, 9.17) is 4.74 Å². The summed E-state index contributed by atoms with van der Waals surface area (Å²) in [6.45, 7) is 2.09. The minimum atomic E-state index is -0.406. The Balaban J connectivity index is 2.30. The third kappa shape index (κ3) is 2.66. The van der Waals surface area contributed by atoms with Crippen LogP contribution in [0.3, 0.4) is 0 Å². The fourth-order valence-electron chi connectivity index (χ4n) is 1.58. The molecule has 2 aromatic rings. The Labute approximate surface area is 105 Å². The molecule has 0 atom stereocenters. The van der Waals surface area contributed by atoms with Gasteiger partial charge in [0.05, 0.1) is 12.3 Å². The number of nitrogens with zero attached hydrogens (tertiary/aromatic N) is 1. The molecule has 0 saturated heterocycles. The molecule has 0 bridgehead atoms. The Morgan fingerprint density at radius 3 is 3.00 bits per heavy atom. The van der Waals surface area contributed by atoms with Gasteiger partial charge in [-0.05, 0) is 25.1 Å². The van der Waals surface area contributed by atoms with Crippen LogP contribution in [-0.2, 0) is 9.53 Å². The molecule has 0 amide bonds. The molecule has 0 unspecified atom stereocenters. The molecule has 0 aliphatic carbocycles. The van der Waals surface area contributed by atoms with E-state index in [1.54, 1.807) is 31.2 Å². The van der Waals surface area contributed by atoms with Gasteiger partial charge in [-0.15, -0.1) is 0 Å². The summed E-state index contributed by atoms with van der Waals surface area (Å²) in [5, 5.41) is 10.5. The Morgan fingerprint density at radius 2 is 2.22 bits per heavy atom. The third-order valence-corrected chi connectivity index (χ3v) is 2.40. The second-order valence-corrected chi connectivity index (χ2v) is 3.67. The fraction of sp³-hybridized carbons (Fsp3) is 0.143. The zero-order chi connectivity index (χ0) is 13.0. The number of aromatic hydroxyl groups is 1.